The van der Waals surface area contributed by atoms with Crippen molar-refractivity contribution in [3.05, 3.63) is 18.2 Å². The van der Waals surface area contributed by atoms with Crippen LogP contribution in [0.4, 0.5) is 4.79 Å². The molecule has 0 spiro atoms. The topological polar surface area (TPSA) is 59.8 Å². The summed E-state index contributed by atoms with van der Waals surface area (Å²) in [7, 11) is 5.44. The van der Waals surface area contributed by atoms with E-state index in [-0.39, 0.29) is 24.2 Å². The van der Waals surface area contributed by atoms with Crippen LogP contribution >= 0.6 is 12.2 Å². The highest BCUT2D eigenvalue weighted by Gasteiger charge is 2.44. The van der Waals surface area contributed by atoms with Gasteiger partial charge in [0.2, 0.25) is 0 Å². The molecule has 0 aromatic carbocycles. The number of rotatable bonds is 3. The zero-order valence-corrected chi connectivity index (χ0v) is 14.5. The highest BCUT2D eigenvalue weighted by Crippen LogP contribution is 2.34. The van der Waals surface area contributed by atoms with Gasteiger partial charge in [-0.3, -0.25) is 0 Å². The maximum atomic E-state index is 11.8. The number of likely N-dealkylation sites (N-methyl/N-ethyl adjacent to an activating group) is 1. The lowest BCUT2D eigenvalue weighted by Gasteiger charge is -2.36. The van der Waals surface area contributed by atoms with Crippen LogP contribution in [0.3, 0.4) is 0 Å². The molecule has 7 nitrogen and oxygen atoms in total. The monoisotopic (exact) mass is 338 g/mol. The number of hydrogen-bond donors (Lipinski definition) is 0. The van der Waals surface area contributed by atoms with Crippen LogP contribution in [0, 0.1) is 0 Å². The standard InChI is InChI=1S/C15H22N4O3S/c1-17(2)15(23)22-12(11-9-21-14(20)18(11)3)10-5-4-7-19-8-6-16-13(10)19/h6,8,10-12H,4-5,7,9H2,1-3H3/t10?,11-,12+/m0/s1. The van der Waals surface area contributed by atoms with Crippen molar-refractivity contribution in [1.82, 2.24) is 19.4 Å². The largest absolute Gasteiger partial charge is 0.464 e. The van der Waals surface area contributed by atoms with Crippen molar-refractivity contribution in [3.8, 4) is 0 Å². The summed E-state index contributed by atoms with van der Waals surface area (Å²) in [5.41, 5.74) is 0. The molecule has 3 rings (SSSR count). The first-order valence-electron chi connectivity index (χ1n) is 7.77. The van der Waals surface area contributed by atoms with Crippen molar-refractivity contribution >= 4 is 23.5 Å². The van der Waals surface area contributed by atoms with E-state index in [2.05, 4.69) is 9.55 Å². The van der Waals surface area contributed by atoms with Crippen LogP contribution in [0.5, 0.6) is 0 Å². The van der Waals surface area contributed by atoms with Crippen molar-refractivity contribution in [2.75, 3.05) is 27.7 Å². The van der Waals surface area contributed by atoms with E-state index in [4.69, 9.17) is 21.7 Å². The molecule has 3 heterocycles. The zero-order chi connectivity index (χ0) is 16.6. The summed E-state index contributed by atoms with van der Waals surface area (Å²) in [6.07, 6.45) is 5.21. The van der Waals surface area contributed by atoms with Crippen LogP contribution in [0.1, 0.15) is 24.6 Å². The van der Waals surface area contributed by atoms with Crippen LogP contribution in [0.15, 0.2) is 12.4 Å². The Kier molecular flexibility index (Phi) is 4.43. The van der Waals surface area contributed by atoms with Crippen LogP contribution in [-0.4, -0.2) is 70.5 Å². The Hall–Kier alpha value is -1.83. The lowest BCUT2D eigenvalue weighted by molar-refractivity contribution is 0.0619. The Morgan fingerprint density at radius 2 is 2.35 bits per heavy atom. The minimum Gasteiger partial charge on any atom is -0.464 e. The predicted octanol–water partition coefficient (Wildman–Crippen LogP) is 1.44. The Bertz CT molecular complexity index is 603. The average molecular weight is 338 g/mol. The van der Waals surface area contributed by atoms with Crippen molar-refractivity contribution in [2.24, 2.45) is 0 Å². The predicted molar refractivity (Wildman–Crippen MR) is 88.3 cm³/mol. The van der Waals surface area contributed by atoms with E-state index >= 15 is 0 Å². The van der Waals surface area contributed by atoms with Crippen LogP contribution in [0.25, 0.3) is 0 Å². The number of carbonyl (C=O) groups excluding carboxylic acids is 1. The lowest BCUT2D eigenvalue weighted by Crippen LogP contribution is -2.47. The van der Waals surface area contributed by atoms with Crippen molar-refractivity contribution in [1.29, 1.82) is 0 Å². The molecule has 0 N–H and O–H groups in total. The highest BCUT2D eigenvalue weighted by molar-refractivity contribution is 7.80. The molecule has 1 aromatic rings. The molecule has 0 bridgehead atoms. The summed E-state index contributed by atoms with van der Waals surface area (Å²) < 4.78 is 13.4. The molecule has 1 unspecified atom stereocenters. The van der Waals surface area contributed by atoms with Gasteiger partial charge in [-0.05, 0) is 25.1 Å². The molecule has 126 valence electrons. The first-order valence-corrected chi connectivity index (χ1v) is 8.18. The molecule has 0 radical (unpaired) electrons. The molecule has 2 aliphatic rings. The molecular weight excluding hydrogens is 316 g/mol. The Morgan fingerprint density at radius 1 is 1.57 bits per heavy atom. The first kappa shape index (κ1) is 16.0. The van der Waals surface area contributed by atoms with Gasteiger partial charge in [0.15, 0.2) is 0 Å². The van der Waals surface area contributed by atoms with E-state index in [1.807, 2.05) is 26.5 Å². The van der Waals surface area contributed by atoms with Gasteiger partial charge in [0, 0.05) is 40.1 Å². The van der Waals surface area contributed by atoms with E-state index < -0.39 is 0 Å². The van der Waals surface area contributed by atoms with Crippen LogP contribution in [0.2, 0.25) is 0 Å². The summed E-state index contributed by atoms with van der Waals surface area (Å²) in [5, 5.41) is 0.409. The molecule has 1 amide bonds. The van der Waals surface area contributed by atoms with Gasteiger partial charge in [0.1, 0.15) is 24.6 Å². The number of cyclic esters (lactones) is 1. The molecule has 1 saturated heterocycles. The second-order valence-corrected chi connectivity index (χ2v) is 6.57. The quantitative estimate of drug-likeness (QED) is 0.778. The lowest BCUT2D eigenvalue weighted by atomic mass is 9.88. The van der Waals surface area contributed by atoms with Gasteiger partial charge in [-0.2, -0.15) is 0 Å². The van der Waals surface area contributed by atoms with Gasteiger partial charge in [0.25, 0.3) is 5.17 Å². The second kappa shape index (κ2) is 6.35. The van der Waals surface area contributed by atoms with Gasteiger partial charge in [-0.15, -0.1) is 0 Å². The van der Waals surface area contributed by atoms with E-state index in [9.17, 15) is 4.79 Å². The molecule has 8 heteroatoms. The third-order valence-corrected chi connectivity index (χ3v) is 5.00. The number of aromatic nitrogens is 2. The minimum atomic E-state index is -0.321. The molecule has 1 aromatic heterocycles. The van der Waals surface area contributed by atoms with Crippen LogP contribution < -0.4 is 0 Å². The number of hydrogen-bond acceptors (Lipinski definition) is 5. The molecule has 3 atom stereocenters. The van der Waals surface area contributed by atoms with E-state index in [1.165, 1.54) is 0 Å². The van der Waals surface area contributed by atoms with Gasteiger partial charge in [-0.25, -0.2) is 9.78 Å². The smallest absolute Gasteiger partial charge is 0.410 e. The molecule has 0 saturated carbocycles. The summed E-state index contributed by atoms with van der Waals surface area (Å²) in [6.45, 7) is 1.28. The number of ether oxygens (including phenoxy) is 2. The molecule has 1 fully saturated rings. The summed E-state index contributed by atoms with van der Waals surface area (Å²) in [5.74, 6) is 1.08. The van der Waals surface area contributed by atoms with Crippen molar-refractivity contribution < 1.29 is 14.3 Å². The number of aryl methyl sites for hydroxylation is 1. The minimum absolute atomic E-state index is 0.0820. The molecular formula is C15H22N4O3S. The molecule has 0 aliphatic carbocycles. The number of imidazole rings is 1. The number of fused-ring (bicyclic) bond motifs is 1. The maximum absolute atomic E-state index is 11.8. The third kappa shape index (κ3) is 2.99. The van der Waals surface area contributed by atoms with Gasteiger partial charge >= 0.3 is 6.09 Å². The highest BCUT2D eigenvalue weighted by atomic mass is 32.1. The van der Waals surface area contributed by atoms with E-state index in [0.717, 1.165) is 25.2 Å². The summed E-state index contributed by atoms with van der Waals surface area (Å²) in [6, 6.07) is -0.173. The normalized spacial score (nSPS) is 24.8. The average Bonchev–Trinajstić information content (AvgIpc) is 3.12. The summed E-state index contributed by atoms with van der Waals surface area (Å²) >= 11 is 5.34. The SMILES string of the molecule is CN(C)C(=S)O[C@H](C1CCCn2ccnc21)[C@@H]1COC(=O)N1C. The van der Waals surface area contributed by atoms with Gasteiger partial charge < -0.3 is 23.8 Å². The van der Waals surface area contributed by atoms with Crippen LogP contribution in [-0.2, 0) is 16.0 Å². The third-order valence-electron chi connectivity index (χ3n) is 4.53. The van der Waals surface area contributed by atoms with Crippen molar-refractivity contribution in [2.45, 2.75) is 37.5 Å². The zero-order valence-electron chi connectivity index (χ0n) is 13.6. The second-order valence-electron chi connectivity index (χ2n) is 6.23. The van der Waals surface area contributed by atoms with Gasteiger partial charge in [-0.1, -0.05) is 0 Å². The number of carbonyl (C=O) groups is 1. The number of nitrogens with zero attached hydrogens (tertiary/aromatic N) is 4. The maximum Gasteiger partial charge on any atom is 0.410 e. The van der Waals surface area contributed by atoms with E-state index in [1.54, 1.807) is 16.8 Å². The van der Waals surface area contributed by atoms with Gasteiger partial charge in [0.05, 0.1) is 5.92 Å². The molecule has 23 heavy (non-hydrogen) atoms. The molecule has 2 aliphatic heterocycles. The fraction of sp³-hybridized carbons (Fsp3) is 0.667. The Labute approximate surface area is 141 Å². The number of amides is 1. The van der Waals surface area contributed by atoms with E-state index in [0.29, 0.717) is 11.8 Å². The fourth-order valence-electron chi connectivity index (χ4n) is 3.23. The first-order chi connectivity index (χ1) is 11.0. The summed E-state index contributed by atoms with van der Waals surface area (Å²) in [4.78, 5) is 19.6. The van der Waals surface area contributed by atoms with Crippen molar-refractivity contribution in [3.63, 3.8) is 0 Å². The Balaban J connectivity index is 1.90. The number of thiocarbonyl (C=S) groups is 1. The fourth-order valence-corrected chi connectivity index (χ4v) is 3.34. The Morgan fingerprint density at radius 3 is 3.00 bits per heavy atom.